The Kier molecular flexibility index (Phi) is 5.40. The molecule has 1 aromatic carbocycles. The van der Waals surface area contributed by atoms with Crippen molar-refractivity contribution >= 4 is 11.7 Å². The zero-order chi connectivity index (χ0) is 17.5. The van der Waals surface area contributed by atoms with Crippen molar-refractivity contribution in [1.29, 1.82) is 0 Å². The molecule has 1 amide bonds. The summed E-state index contributed by atoms with van der Waals surface area (Å²) in [6.45, 7) is 2.86. The minimum Gasteiger partial charge on any atom is -0.494 e. The molecule has 3 rings (SSSR count). The highest BCUT2D eigenvalue weighted by molar-refractivity contribution is 5.77. The van der Waals surface area contributed by atoms with E-state index < -0.39 is 0 Å². The van der Waals surface area contributed by atoms with Gasteiger partial charge in [0.2, 0.25) is 0 Å². The largest absolute Gasteiger partial charge is 0.494 e. The summed E-state index contributed by atoms with van der Waals surface area (Å²) in [5.41, 5.74) is 0. The van der Waals surface area contributed by atoms with E-state index in [-0.39, 0.29) is 19.1 Å². The molecule has 0 unspecified atom stereocenters. The molecule has 2 aromatic heterocycles. The highest BCUT2D eigenvalue weighted by Crippen LogP contribution is 2.17. The molecular weight excluding hydrogens is 322 g/mol. The van der Waals surface area contributed by atoms with Crippen molar-refractivity contribution in [2.45, 2.75) is 19.9 Å². The second-order valence-corrected chi connectivity index (χ2v) is 5.28. The summed E-state index contributed by atoms with van der Waals surface area (Å²) in [5, 5.41) is 6.93. The van der Waals surface area contributed by atoms with Gasteiger partial charge in [-0.1, -0.05) is 6.92 Å². The van der Waals surface area contributed by atoms with Crippen LogP contribution in [0.5, 0.6) is 11.5 Å². The number of amides is 1. The van der Waals surface area contributed by atoms with Crippen molar-refractivity contribution in [3.05, 3.63) is 48.5 Å². The normalized spacial score (nSPS) is 10.6. The first-order chi connectivity index (χ1) is 12.2. The first kappa shape index (κ1) is 16.7. The van der Waals surface area contributed by atoms with Gasteiger partial charge in [-0.15, -0.1) is 5.10 Å². The molecular formula is C17H19N5O3. The molecule has 8 heteroatoms. The Labute approximate surface area is 144 Å². The number of hydrogen-bond acceptors (Lipinski definition) is 6. The van der Waals surface area contributed by atoms with Gasteiger partial charge in [0.25, 0.3) is 11.7 Å². The van der Waals surface area contributed by atoms with E-state index in [2.05, 4.69) is 27.3 Å². The SMILES string of the molecule is CCCOc1ccc(OCC(=O)NCc2nc3ncccn3n2)cc1. The van der Waals surface area contributed by atoms with E-state index in [1.165, 1.54) is 0 Å². The molecule has 2 heterocycles. The average Bonchev–Trinajstić information content (AvgIpc) is 3.07. The summed E-state index contributed by atoms with van der Waals surface area (Å²) >= 11 is 0. The molecule has 25 heavy (non-hydrogen) atoms. The zero-order valence-corrected chi connectivity index (χ0v) is 13.9. The van der Waals surface area contributed by atoms with Gasteiger partial charge in [-0.2, -0.15) is 4.98 Å². The van der Waals surface area contributed by atoms with Gasteiger partial charge in [0.05, 0.1) is 13.2 Å². The summed E-state index contributed by atoms with van der Waals surface area (Å²) in [6.07, 6.45) is 4.34. The van der Waals surface area contributed by atoms with Crippen LogP contribution in [-0.2, 0) is 11.3 Å². The van der Waals surface area contributed by atoms with Crippen molar-refractivity contribution in [1.82, 2.24) is 24.9 Å². The topological polar surface area (TPSA) is 90.6 Å². The maximum absolute atomic E-state index is 11.9. The van der Waals surface area contributed by atoms with Gasteiger partial charge >= 0.3 is 0 Å². The maximum Gasteiger partial charge on any atom is 0.258 e. The molecule has 0 fully saturated rings. The molecule has 0 atom stereocenters. The zero-order valence-electron chi connectivity index (χ0n) is 13.9. The fourth-order valence-corrected chi connectivity index (χ4v) is 2.08. The lowest BCUT2D eigenvalue weighted by atomic mass is 10.3. The van der Waals surface area contributed by atoms with Crippen LogP contribution in [0.15, 0.2) is 42.7 Å². The third-order valence-electron chi connectivity index (χ3n) is 3.27. The molecule has 0 aliphatic carbocycles. The van der Waals surface area contributed by atoms with Gasteiger partial charge in [-0.3, -0.25) is 4.79 Å². The number of carbonyl (C=O) groups excluding carboxylic acids is 1. The quantitative estimate of drug-likeness (QED) is 0.669. The van der Waals surface area contributed by atoms with Crippen molar-refractivity contribution in [2.75, 3.05) is 13.2 Å². The third kappa shape index (κ3) is 4.66. The smallest absolute Gasteiger partial charge is 0.258 e. The Balaban J connectivity index is 1.44. The number of fused-ring (bicyclic) bond motifs is 1. The fraction of sp³-hybridized carbons (Fsp3) is 0.294. The standard InChI is InChI=1S/C17H19N5O3/c1-2-10-24-13-4-6-14(7-5-13)25-12-16(23)19-11-15-20-17-18-8-3-9-22(17)21-15/h3-9H,2,10-12H2,1H3,(H,19,23). The van der Waals surface area contributed by atoms with E-state index in [1.807, 2.05) is 12.1 Å². The van der Waals surface area contributed by atoms with Gasteiger partial charge in [0.15, 0.2) is 12.4 Å². The average molecular weight is 341 g/mol. The minimum atomic E-state index is -0.252. The Bertz CT molecular complexity index is 799. The molecule has 3 aromatic rings. The Morgan fingerprint density at radius 2 is 1.96 bits per heavy atom. The number of carbonyl (C=O) groups is 1. The summed E-state index contributed by atoms with van der Waals surface area (Å²) in [6, 6.07) is 8.94. The Hall–Kier alpha value is -3.16. The van der Waals surface area contributed by atoms with Crippen LogP contribution in [-0.4, -0.2) is 38.7 Å². The van der Waals surface area contributed by atoms with Crippen LogP contribution in [0.1, 0.15) is 19.2 Å². The summed E-state index contributed by atoms with van der Waals surface area (Å²) in [5.74, 6) is 2.12. The molecule has 0 aliphatic heterocycles. The molecule has 8 nitrogen and oxygen atoms in total. The van der Waals surface area contributed by atoms with Crippen LogP contribution in [0, 0.1) is 0 Å². The van der Waals surface area contributed by atoms with Gasteiger partial charge in [-0.05, 0) is 36.8 Å². The van der Waals surface area contributed by atoms with Crippen LogP contribution in [0.4, 0.5) is 0 Å². The lowest BCUT2D eigenvalue weighted by Gasteiger charge is -2.08. The van der Waals surface area contributed by atoms with Gasteiger partial charge in [0, 0.05) is 12.4 Å². The van der Waals surface area contributed by atoms with Crippen molar-refractivity contribution in [3.8, 4) is 11.5 Å². The van der Waals surface area contributed by atoms with Crippen LogP contribution in [0.3, 0.4) is 0 Å². The molecule has 0 saturated heterocycles. The summed E-state index contributed by atoms with van der Waals surface area (Å²) < 4.78 is 12.5. The minimum absolute atomic E-state index is 0.0826. The first-order valence-electron chi connectivity index (χ1n) is 8.03. The van der Waals surface area contributed by atoms with E-state index in [0.29, 0.717) is 24.0 Å². The Morgan fingerprint density at radius 1 is 1.20 bits per heavy atom. The summed E-state index contributed by atoms with van der Waals surface area (Å²) in [4.78, 5) is 20.2. The second-order valence-electron chi connectivity index (χ2n) is 5.28. The molecule has 0 saturated carbocycles. The number of hydrogen-bond donors (Lipinski definition) is 1. The Morgan fingerprint density at radius 3 is 2.68 bits per heavy atom. The molecule has 0 bridgehead atoms. The highest BCUT2D eigenvalue weighted by atomic mass is 16.5. The van der Waals surface area contributed by atoms with Gasteiger partial charge < -0.3 is 14.8 Å². The number of rotatable bonds is 8. The molecule has 0 radical (unpaired) electrons. The number of benzene rings is 1. The van der Waals surface area contributed by atoms with E-state index in [9.17, 15) is 4.79 Å². The molecule has 0 aliphatic rings. The van der Waals surface area contributed by atoms with E-state index in [4.69, 9.17) is 9.47 Å². The highest BCUT2D eigenvalue weighted by Gasteiger charge is 2.07. The van der Waals surface area contributed by atoms with Crippen molar-refractivity contribution in [2.24, 2.45) is 0 Å². The number of aromatic nitrogens is 4. The van der Waals surface area contributed by atoms with Crippen LogP contribution in [0.25, 0.3) is 5.78 Å². The first-order valence-corrected chi connectivity index (χ1v) is 8.03. The van der Waals surface area contributed by atoms with Gasteiger partial charge in [-0.25, -0.2) is 9.50 Å². The van der Waals surface area contributed by atoms with E-state index >= 15 is 0 Å². The second kappa shape index (κ2) is 8.09. The van der Waals surface area contributed by atoms with E-state index in [1.54, 1.807) is 35.1 Å². The third-order valence-corrected chi connectivity index (χ3v) is 3.27. The molecule has 1 N–H and O–H groups in total. The predicted molar refractivity (Wildman–Crippen MR) is 90.4 cm³/mol. The number of nitrogens with zero attached hydrogens (tertiary/aromatic N) is 4. The van der Waals surface area contributed by atoms with Crippen LogP contribution < -0.4 is 14.8 Å². The maximum atomic E-state index is 11.9. The lowest BCUT2D eigenvalue weighted by Crippen LogP contribution is -2.28. The molecule has 130 valence electrons. The van der Waals surface area contributed by atoms with Crippen molar-refractivity contribution < 1.29 is 14.3 Å². The molecule has 0 spiro atoms. The van der Waals surface area contributed by atoms with Crippen LogP contribution >= 0.6 is 0 Å². The fourth-order valence-electron chi connectivity index (χ4n) is 2.08. The summed E-state index contributed by atoms with van der Waals surface area (Å²) in [7, 11) is 0. The van der Waals surface area contributed by atoms with Crippen molar-refractivity contribution in [3.63, 3.8) is 0 Å². The predicted octanol–water partition coefficient (Wildman–Crippen LogP) is 1.61. The number of ether oxygens (including phenoxy) is 2. The van der Waals surface area contributed by atoms with Crippen LogP contribution in [0.2, 0.25) is 0 Å². The van der Waals surface area contributed by atoms with E-state index in [0.717, 1.165) is 12.2 Å². The van der Waals surface area contributed by atoms with Gasteiger partial charge in [0.1, 0.15) is 11.5 Å². The monoisotopic (exact) mass is 341 g/mol. The lowest BCUT2D eigenvalue weighted by molar-refractivity contribution is -0.123. The number of nitrogens with one attached hydrogen (secondary N) is 1.